The molecule has 2 rings (SSSR count). The summed E-state index contributed by atoms with van der Waals surface area (Å²) in [6.45, 7) is 2.80. The van der Waals surface area contributed by atoms with Crippen molar-refractivity contribution in [1.82, 2.24) is 9.97 Å². The topological polar surface area (TPSA) is 37.9 Å². The molecule has 0 spiro atoms. The summed E-state index contributed by atoms with van der Waals surface area (Å²) in [5.41, 5.74) is 0.883. The van der Waals surface area contributed by atoms with Crippen molar-refractivity contribution >= 4 is 11.0 Å². The molecule has 0 aromatic carbocycles. The smallest absolute Gasteiger partial charge is 0.215 e. The summed E-state index contributed by atoms with van der Waals surface area (Å²) < 4.78 is 5.40. The highest BCUT2D eigenvalue weighted by Crippen LogP contribution is 2.14. The number of hydrogen-bond acceptors (Lipinski definition) is 2. The Bertz CT molecular complexity index is 394. The monoisotopic (exact) mass is 176 g/mol. The first-order valence-corrected chi connectivity index (χ1v) is 4.47. The highest BCUT2D eigenvalue weighted by atomic mass is 16.5. The fourth-order valence-corrected chi connectivity index (χ4v) is 1.20. The van der Waals surface area contributed by atoms with Gasteiger partial charge in [0.1, 0.15) is 5.65 Å². The lowest BCUT2D eigenvalue weighted by Crippen LogP contribution is -1.96. The molecule has 0 saturated heterocycles. The number of aromatic nitrogens is 2. The van der Waals surface area contributed by atoms with Gasteiger partial charge < -0.3 is 9.72 Å². The Hall–Kier alpha value is -1.51. The van der Waals surface area contributed by atoms with Crippen LogP contribution in [0.3, 0.4) is 0 Å². The minimum absolute atomic E-state index is 0.691. The molecule has 0 unspecified atom stereocenters. The molecule has 2 aromatic rings. The molecule has 2 heterocycles. The first-order chi connectivity index (χ1) is 6.40. The average molecular weight is 176 g/mol. The number of H-pyrrole nitrogens is 1. The van der Waals surface area contributed by atoms with Gasteiger partial charge in [-0.3, -0.25) is 0 Å². The molecule has 0 aliphatic heterocycles. The third kappa shape index (κ3) is 1.64. The Kier molecular flexibility index (Phi) is 2.17. The number of nitrogens with one attached hydrogen (secondary N) is 1. The maximum Gasteiger partial charge on any atom is 0.215 e. The Balaban J connectivity index is 2.26. The molecular formula is C10H12N2O. The lowest BCUT2D eigenvalue weighted by Gasteiger charge is -2.01. The molecular weight excluding hydrogens is 164 g/mol. The van der Waals surface area contributed by atoms with E-state index in [4.69, 9.17) is 4.74 Å². The van der Waals surface area contributed by atoms with E-state index >= 15 is 0 Å². The Morgan fingerprint density at radius 1 is 1.38 bits per heavy atom. The van der Waals surface area contributed by atoms with Gasteiger partial charge in [-0.25, -0.2) is 0 Å². The van der Waals surface area contributed by atoms with Crippen LogP contribution in [-0.4, -0.2) is 16.6 Å². The number of fused-ring (bicyclic) bond motifs is 1. The molecule has 0 fully saturated rings. The Morgan fingerprint density at radius 3 is 3.15 bits per heavy atom. The van der Waals surface area contributed by atoms with E-state index in [2.05, 4.69) is 16.9 Å². The van der Waals surface area contributed by atoms with E-state index in [-0.39, 0.29) is 0 Å². The predicted octanol–water partition coefficient (Wildman–Crippen LogP) is 2.35. The van der Waals surface area contributed by atoms with E-state index in [1.807, 2.05) is 24.4 Å². The Labute approximate surface area is 76.8 Å². The van der Waals surface area contributed by atoms with Crippen LogP contribution in [0.2, 0.25) is 0 Å². The number of ether oxygens (including phenoxy) is 1. The number of rotatable bonds is 3. The van der Waals surface area contributed by atoms with E-state index in [0.717, 1.165) is 24.1 Å². The molecule has 0 aliphatic rings. The van der Waals surface area contributed by atoms with E-state index < -0.39 is 0 Å². The fourth-order valence-electron chi connectivity index (χ4n) is 1.20. The van der Waals surface area contributed by atoms with Crippen LogP contribution in [0.1, 0.15) is 13.3 Å². The van der Waals surface area contributed by atoms with Gasteiger partial charge in [0.05, 0.1) is 6.61 Å². The number of hydrogen-bond donors (Lipinski definition) is 1. The molecule has 2 aromatic heterocycles. The van der Waals surface area contributed by atoms with Gasteiger partial charge in [-0.15, -0.1) is 0 Å². The van der Waals surface area contributed by atoms with Gasteiger partial charge in [0, 0.05) is 17.6 Å². The summed E-state index contributed by atoms with van der Waals surface area (Å²) in [5.74, 6) is 0.691. The van der Waals surface area contributed by atoms with Gasteiger partial charge in [0.15, 0.2) is 0 Å². The molecule has 3 nitrogen and oxygen atoms in total. The van der Waals surface area contributed by atoms with Crippen LogP contribution < -0.4 is 4.74 Å². The standard InChI is InChI=1S/C10H12N2O/c1-2-7-13-9-4-3-8-5-6-11-10(8)12-9/h3-6H,2,7H2,1H3,(H,11,12). The number of aromatic amines is 1. The fraction of sp³-hybridized carbons (Fsp3) is 0.300. The lowest BCUT2D eigenvalue weighted by atomic mass is 10.3. The minimum atomic E-state index is 0.691. The first-order valence-electron chi connectivity index (χ1n) is 4.47. The highest BCUT2D eigenvalue weighted by Gasteiger charge is 1.98. The van der Waals surface area contributed by atoms with E-state index in [1.165, 1.54) is 0 Å². The van der Waals surface area contributed by atoms with Crippen LogP contribution in [0.5, 0.6) is 5.88 Å². The van der Waals surface area contributed by atoms with Crippen molar-refractivity contribution in [3.63, 3.8) is 0 Å². The maximum absolute atomic E-state index is 5.40. The van der Waals surface area contributed by atoms with Gasteiger partial charge in [0.25, 0.3) is 0 Å². The molecule has 0 bridgehead atoms. The van der Waals surface area contributed by atoms with Crippen molar-refractivity contribution in [2.45, 2.75) is 13.3 Å². The summed E-state index contributed by atoms with van der Waals surface area (Å²) in [7, 11) is 0. The molecule has 1 N–H and O–H groups in total. The van der Waals surface area contributed by atoms with Crippen LogP contribution in [0.25, 0.3) is 11.0 Å². The summed E-state index contributed by atoms with van der Waals surface area (Å²) in [6, 6.07) is 5.89. The van der Waals surface area contributed by atoms with E-state index in [9.17, 15) is 0 Å². The summed E-state index contributed by atoms with van der Waals surface area (Å²) in [5, 5.41) is 1.11. The van der Waals surface area contributed by atoms with E-state index in [0.29, 0.717) is 5.88 Å². The SMILES string of the molecule is CCCOc1ccc2cc[nH]c2n1. The largest absolute Gasteiger partial charge is 0.478 e. The number of pyridine rings is 1. The summed E-state index contributed by atoms with van der Waals surface area (Å²) >= 11 is 0. The molecule has 0 aliphatic carbocycles. The van der Waals surface area contributed by atoms with Crippen LogP contribution in [-0.2, 0) is 0 Å². The van der Waals surface area contributed by atoms with Crippen LogP contribution in [0, 0.1) is 0 Å². The molecule has 0 amide bonds. The van der Waals surface area contributed by atoms with Gasteiger partial charge in [-0.1, -0.05) is 6.92 Å². The van der Waals surface area contributed by atoms with Crippen molar-refractivity contribution in [3.8, 4) is 5.88 Å². The second kappa shape index (κ2) is 3.47. The second-order valence-electron chi connectivity index (χ2n) is 2.91. The molecule has 68 valence electrons. The summed E-state index contributed by atoms with van der Waals surface area (Å²) in [4.78, 5) is 7.34. The van der Waals surface area contributed by atoms with Gasteiger partial charge in [-0.05, 0) is 18.6 Å². The molecule has 0 radical (unpaired) electrons. The second-order valence-corrected chi connectivity index (χ2v) is 2.91. The van der Waals surface area contributed by atoms with Gasteiger partial charge in [0.2, 0.25) is 5.88 Å². The van der Waals surface area contributed by atoms with Crippen molar-refractivity contribution in [3.05, 3.63) is 24.4 Å². The van der Waals surface area contributed by atoms with Crippen LogP contribution in [0.4, 0.5) is 0 Å². The molecule has 0 atom stereocenters. The summed E-state index contributed by atoms with van der Waals surface area (Å²) in [6.07, 6.45) is 2.88. The molecule has 0 saturated carbocycles. The third-order valence-electron chi connectivity index (χ3n) is 1.84. The quantitative estimate of drug-likeness (QED) is 0.779. The molecule has 3 heteroatoms. The van der Waals surface area contributed by atoms with Crippen molar-refractivity contribution in [2.75, 3.05) is 6.61 Å². The Morgan fingerprint density at radius 2 is 2.31 bits per heavy atom. The third-order valence-corrected chi connectivity index (χ3v) is 1.84. The average Bonchev–Trinajstić information content (AvgIpc) is 2.61. The zero-order valence-electron chi connectivity index (χ0n) is 7.58. The van der Waals surface area contributed by atoms with Crippen molar-refractivity contribution < 1.29 is 4.74 Å². The normalized spacial score (nSPS) is 10.5. The van der Waals surface area contributed by atoms with Crippen molar-refractivity contribution in [2.24, 2.45) is 0 Å². The van der Waals surface area contributed by atoms with Gasteiger partial charge in [-0.2, -0.15) is 4.98 Å². The zero-order valence-corrected chi connectivity index (χ0v) is 7.58. The first kappa shape index (κ1) is 8.10. The van der Waals surface area contributed by atoms with Crippen molar-refractivity contribution in [1.29, 1.82) is 0 Å². The van der Waals surface area contributed by atoms with Crippen LogP contribution >= 0.6 is 0 Å². The number of nitrogens with zero attached hydrogens (tertiary/aromatic N) is 1. The predicted molar refractivity (Wildman–Crippen MR) is 51.9 cm³/mol. The lowest BCUT2D eigenvalue weighted by molar-refractivity contribution is 0.306. The minimum Gasteiger partial charge on any atom is -0.478 e. The van der Waals surface area contributed by atoms with E-state index in [1.54, 1.807) is 0 Å². The van der Waals surface area contributed by atoms with Crippen LogP contribution in [0.15, 0.2) is 24.4 Å². The van der Waals surface area contributed by atoms with Gasteiger partial charge >= 0.3 is 0 Å². The maximum atomic E-state index is 5.40. The zero-order chi connectivity index (χ0) is 9.10. The molecule has 13 heavy (non-hydrogen) atoms. The highest BCUT2D eigenvalue weighted by molar-refractivity contribution is 5.75.